The van der Waals surface area contributed by atoms with Crippen LogP contribution in [0.4, 0.5) is 5.69 Å². The number of methoxy groups -OCH3 is 1. The minimum absolute atomic E-state index is 0.0478. The Morgan fingerprint density at radius 2 is 1.96 bits per heavy atom. The molecule has 2 aromatic carbocycles. The fraction of sp³-hybridized carbons (Fsp3) is 0.111. The Labute approximate surface area is 156 Å². The zero-order valence-electron chi connectivity index (χ0n) is 14.6. The van der Waals surface area contributed by atoms with Crippen LogP contribution in [-0.4, -0.2) is 36.4 Å². The van der Waals surface area contributed by atoms with E-state index in [0.717, 1.165) is 11.8 Å². The van der Waals surface area contributed by atoms with Crippen molar-refractivity contribution < 1.29 is 23.1 Å². The van der Waals surface area contributed by atoms with Crippen LogP contribution in [0.15, 0.2) is 59.6 Å². The van der Waals surface area contributed by atoms with Crippen LogP contribution >= 0.6 is 0 Å². The molecule has 2 N–H and O–H groups in total. The second-order valence-electron chi connectivity index (χ2n) is 5.71. The van der Waals surface area contributed by atoms with E-state index >= 15 is 0 Å². The largest absolute Gasteiger partial charge is 0.495 e. The van der Waals surface area contributed by atoms with E-state index in [0.29, 0.717) is 11.4 Å². The zero-order chi connectivity index (χ0) is 19.6. The zero-order valence-corrected chi connectivity index (χ0v) is 15.4. The van der Waals surface area contributed by atoms with Crippen LogP contribution in [0, 0.1) is 6.92 Å². The number of aromatic nitrogens is 2. The molecule has 0 saturated heterocycles. The first-order valence-electron chi connectivity index (χ1n) is 7.87. The van der Waals surface area contributed by atoms with Gasteiger partial charge in [-0.15, -0.1) is 0 Å². The summed E-state index contributed by atoms with van der Waals surface area (Å²) in [7, 11) is -2.76. The SMILES string of the molecule is COc1ccc(C(=O)O)cc1S(=O)(=O)Nc1cccc(-n2nccc2C)c1. The number of benzene rings is 2. The third-order valence-electron chi connectivity index (χ3n) is 3.87. The number of nitrogens with zero attached hydrogens (tertiary/aromatic N) is 2. The molecule has 8 nitrogen and oxygen atoms in total. The standard InChI is InChI=1S/C18H17N3O5S/c1-12-8-9-19-21(12)15-5-3-4-14(11-15)20-27(24,25)17-10-13(18(22)23)6-7-16(17)26-2/h3-11,20H,1-2H3,(H,22,23). The van der Waals surface area contributed by atoms with Crippen LogP contribution in [0.3, 0.4) is 0 Å². The predicted octanol–water partition coefficient (Wildman–Crippen LogP) is 2.69. The summed E-state index contributed by atoms with van der Waals surface area (Å²) in [6, 6.07) is 12.2. The van der Waals surface area contributed by atoms with Gasteiger partial charge in [-0.05, 0) is 49.4 Å². The lowest BCUT2D eigenvalue weighted by molar-refractivity contribution is 0.0696. The number of carbonyl (C=O) groups is 1. The van der Waals surface area contributed by atoms with Crippen molar-refractivity contribution in [2.75, 3.05) is 11.8 Å². The van der Waals surface area contributed by atoms with Crippen molar-refractivity contribution >= 4 is 21.7 Å². The van der Waals surface area contributed by atoms with Crippen molar-refractivity contribution in [1.82, 2.24) is 9.78 Å². The average Bonchev–Trinajstić information content (AvgIpc) is 3.07. The van der Waals surface area contributed by atoms with E-state index in [1.54, 1.807) is 35.1 Å². The van der Waals surface area contributed by atoms with Crippen LogP contribution in [0.5, 0.6) is 5.75 Å². The summed E-state index contributed by atoms with van der Waals surface area (Å²) >= 11 is 0. The van der Waals surface area contributed by atoms with E-state index in [-0.39, 0.29) is 16.2 Å². The normalized spacial score (nSPS) is 11.2. The molecule has 0 saturated carbocycles. The first-order valence-corrected chi connectivity index (χ1v) is 9.35. The molecule has 0 spiro atoms. The molecule has 9 heteroatoms. The Bertz CT molecular complexity index is 1110. The molecular formula is C18H17N3O5S. The van der Waals surface area contributed by atoms with Crippen LogP contribution < -0.4 is 9.46 Å². The molecule has 1 heterocycles. The Hall–Kier alpha value is -3.33. The highest BCUT2D eigenvalue weighted by atomic mass is 32.2. The Morgan fingerprint density at radius 3 is 2.59 bits per heavy atom. The van der Waals surface area contributed by atoms with Gasteiger partial charge < -0.3 is 9.84 Å². The fourth-order valence-electron chi connectivity index (χ4n) is 2.57. The van der Waals surface area contributed by atoms with Gasteiger partial charge in [-0.25, -0.2) is 17.9 Å². The molecule has 0 radical (unpaired) electrons. The number of hydrogen-bond donors (Lipinski definition) is 2. The Morgan fingerprint density at radius 1 is 1.19 bits per heavy atom. The van der Waals surface area contributed by atoms with Crippen LogP contribution in [0.1, 0.15) is 16.1 Å². The maximum Gasteiger partial charge on any atom is 0.335 e. The summed E-state index contributed by atoms with van der Waals surface area (Å²) < 4.78 is 34.8. The van der Waals surface area contributed by atoms with E-state index in [4.69, 9.17) is 9.84 Å². The van der Waals surface area contributed by atoms with Crippen LogP contribution in [0.2, 0.25) is 0 Å². The van der Waals surface area contributed by atoms with Crippen molar-refractivity contribution in [2.45, 2.75) is 11.8 Å². The van der Waals surface area contributed by atoms with Gasteiger partial charge in [0.05, 0.1) is 24.0 Å². The highest BCUT2D eigenvalue weighted by Crippen LogP contribution is 2.27. The summed E-state index contributed by atoms with van der Waals surface area (Å²) in [5.74, 6) is -1.18. The first kappa shape index (κ1) is 18.5. The molecule has 0 atom stereocenters. The molecule has 0 aliphatic rings. The van der Waals surface area contributed by atoms with E-state index in [2.05, 4.69) is 9.82 Å². The van der Waals surface area contributed by atoms with E-state index in [9.17, 15) is 13.2 Å². The van der Waals surface area contributed by atoms with Gasteiger partial charge in [0, 0.05) is 11.9 Å². The third kappa shape index (κ3) is 3.77. The number of aromatic carboxylic acids is 1. The number of sulfonamides is 1. The second kappa shape index (κ2) is 7.12. The number of carboxylic acid groups (broad SMARTS) is 1. The number of carboxylic acids is 1. The topological polar surface area (TPSA) is 111 Å². The van der Waals surface area contributed by atoms with Crippen LogP contribution in [0.25, 0.3) is 5.69 Å². The quantitative estimate of drug-likeness (QED) is 0.673. The Balaban J connectivity index is 1.99. The molecule has 0 aliphatic carbocycles. The number of ether oxygens (including phenoxy) is 1. The van der Waals surface area contributed by atoms with E-state index < -0.39 is 16.0 Å². The summed E-state index contributed by atoms with van der Waals surface area (Å²) in [6.45, 7) is 1.88. The minimum Gasteiger partial charge on any atom is -0.495 e. The lowest BCUT2D eigenvalue weighted by atomic mass is 10.2. The fourth-order valence-corrected chi connectivity index (χ4v) is 3.82. The number of rotatable bonds is 6. The van der Waals surface area contributed by atoms with Crippen molar-refractivity contribution in [2.24, 2.45) is 0 Å². The van der Waals surface area contributed by atoms with Gasteiger partial charge in [-0.2, -0.15) is 5.10 Å². The number of nitrogens with one attached hydrogen (secondary N) is 1. The number of anilines is 1. The van der Waals surface area contributed by atoms with Crippen LogP contribution in [-0.2, 0) is 10.0 Å². The molecule has 27 heavy (non-hydrogen) atoms. The van der Waals surface area contributed by atoms with Gasteiger partial charge >= 0.3 is 5.97 Å². The summed E-state index contributed by atoms with van der Waals surface area (Å²) in [5.41, 5.74) is 1.73. The molecule has 0 fully saturated rings. The van der Waals surface area contributed by atoms with Gasteiger partial charge in [0.1, 0.15) is 10.6 Å². The van der Waals surface area contributed by atoms with Gasteiger partial charge in [0.25, 0.3) is 10.0 Å². The first-order chi connectivity index (χ1) is 12.8. The molecule has 3 rings (SSSR count). The monoisotopic (exact) mass is 387 g/mol. The molecule has 140 valence electrons. The molecule has 1 aromatic heterocycles. The van der Waals surface area contributed by atoms with E-state index in [1.807, 2.05) is 13.0 Å². The van der Waals surface area contributed by atoms with Gasteiger partial charge in [-0.1, -0.05) is 6.07 Å². The molecule has 0 aliphatic heterocycles. The predicted molar refractivity (Wildman–Crippen MR) is 99.1 cm³/mol. The van der Waals surface area contributed by atoms with Gasteiger partial charge in [0.2, 0.25) is 0 Å². The lowest BCUT2D eigenvalue weighted by Crippen LogP contribution is -2.15. The third-order valence-corrected chi connectivity index (χ3v) is 5.28. The summed E-state index contributed by atoms with van der Waals surface area (Å²) in [6.07, 6.45) is 1.65. The highest BCUT2D eigenvalue weighted by Gasteiger charge is 2.22. The minimum atomic E-state index is -4.08. The number of hydrogen-bond acceptors (Lipinski definition) is 5. The maximum atomic E-state index is 12.8. The van der Waals surface area contributed by atoms with Crippen molar-refractivity contribution in [3.05, 3.63) is 66.0 Å². The van der Waals surface area contributed by atoms with E-state index in [1.165, 1.54) is 19.2 Å². The van der Waals surface area contributed by atoms with Gasteiger partial charge in [0.15, 0.2) is 0 Å². The smallest absolute Gasteiger partial charge is 0.335 e. The second-order valence-corrected chi connectivity index (χ2v) is 7.36. The molecule has 0 amide bonds. The van der Waals surface area contributed by atoms with Crippen molar-refractivity contribution in [3.63, 3.8) is 0 Å². The molecule has 3 aromatic rings. The highest BCUT2D eigenvalue weighted by molar-refractivity contribution is 7.92. The van der Waals surface area contributed by atoms with Gasteiger partial charge in [-0.3, -0.25) is 4.72 Å². The summed E-state index contributed by atoms with van der Waals surface area (Å²) in [4.78, 5) is 10.9. The average molecular weight is 387 g/mol. The Kier molecular flexibility index (Phi) is 4.87. The summed E-state index contributed by atoms with van der Waals surface area (Å²) in [5, 5.41) is 13.3. The molecule has 0 unspecified atom stereocenters. The lowest BCUT2D eigenvalue weighted by Gasteiger charge is -2.13. The molecule has 0 bridgehead atoms. The maximum absolute atomic E-state index is 12.8. The number of aryl methyl sites for hydroxylation is 1. The molecular weight excluding hydrogens is 370 g/mol. The van der Waals surface area contributed by atoms with Crippen molar-refractivity contribution in [3.8, 4) is 11.4 Å². The van der Waals surface area contributed by atoms with Crippen molar-refractivity contribution in [1.29, 1.82) is 0 Å².